The largest absolute Gasteiger partial charge is 0.497 e. The topological polar surface area (TPSA) is 158 Å². The van der Waals surface area contributed by atoms with E-state index in [0.29, 0.717) is 42.4 Å². The van der Waals surface area contributed by atoms with Crippen molar-refractivity contribution in [2.45, 2.75) is 69.0 Å². The van der Waals surface area contributed by atoms with Crippen LogP contribution in [0.1, 0.15) is 42.4 Å². The van der Waals surface area contributed by atoms with Gasteiger partial charge in [0, 0.05) is 43.4 Å². The van der Waals surface area contributed by atoms with Crippen LogP contribution in [-0.4, -0.2) is 107 Å². The van der Waals surface area contributed by atoms with E-state index in [2.05, 4.69) is 5.32 Å². The van der Waals surface area contributed by atoms with Gasteiger partial charge in [-0.3, -0.25) is 9.59 Å². The number of nitrogens with zero attached hydrogens (tertiary/aromatic N) is 2. The first kappa shape index (κ1) is 38.6. The number of aryl methyl sites for hydroxylation is 1. The Morgan fingerprint density at radius 3 is 2.20 bits per heavy atom. The molecule has 288 valence electrons. The quantitative estimate of drug-likeness (QED) is 0.134. The van der Waals surface area contributed by atoms with Gasteiger partial charge in [0.1, 0.15) is 11.5 Å². The van der Waals surface area contributed by atoms with Crippen molar-refractivity contribution in [1.82, 2.24) is 15.1 Å². The molecule has 15 heteroatoms. The van der Waals surface area contributed by atoms with Crippen molar-refractivity contribution in [1.29, 1.82) is 0 Å². The van der Waals surface area contributed by atoms with Crippen LogP contribution >= 0.6 is 0 Å². The van der Waals surface area contributed by atoms with E-state index in [-0.39, 0.29) is 44.2 Å². The lowest BCUT2D eigenvalue weighted by Crippen LogP contribution is -2.64. The molecule has 0 radical (unpaired) electrons. The van der Waals surface area contributed by atoms with E-state index in [0.717, 1.165) is 41.2 Å². The maximum atomic E-state index is 14.8. The molecule has 4 N–H and O–H groups in total. The maximum Gasteiger partial charge on any atom is 0.335 e. The third kappa shape index (κ3) is 8.48. The highest BCUT2D eigenvalue weighted by Crippen LogP contribution is 2.38. The highest BCUT2D eigenvalue weighted by atomic mass is 19.2. The van der Waals surface area contributed by atoms with Gasteiger partial charge in [-0.05, 0) is 78.6 Å². The van der Waals surface area contributed by atoms with Crippen LogP contribution in [-0.2, 0) is 27.3 Å². The number of benzene rings is 3. The van der Waals surface area contributed by atoms with Gasteiger partial charge in [0.25, 0.3) is 11.8 Å². The van der Waals surface area contributed by atoms with Gasteiger partial charge in [-0.2, -0.15) is 4.39 Å². The third-order valence-electron chi connectivity index (χ3n) is 9.93. The second-order valence-electron chi connectivity index (χ2n) is 13.7. The molecular weight excluding hydrogens is 711 g/mol. The molecule has 1 saturated heterocycles. The number of carbonyl (C=O) groups excluding carboxylic acids is 2. The van der Waals surface area contributed by atoms with Crippen LogP contribution in [0.2, 0.25) is 0 Å². The summed E-state index contributed by atoms with van der Waals surface area (Å²) in [4.78, 5) is 42.4. The predicted molar refractivity (Wildman–Crippen MR) is 188 cm³/mol. The second kappa shape index (κ2) is 16.5. The summed E-state index contributed by atoms with van der Waals surface area (Å²) in [6.07, 6.45) is -1.70. The molecule has 54 heavy (non-hydrogen) atoms. The summed E-state index contributed by atoms with van der Waals surface area (Å²) in [6.45, 7) is 0.242. The Kier molecular flexibility index (Phi) is 11.8. The first-order chi connectivity index (χ1) is 25.9. The maximum absolute atomic E-state index is 14.8. The summed E-state index contributed by atoms with van der Waals surface area (Å²) in [5, 5.41) is 32.9. The normalized spacial score (nSPS) is 19.2. The summed E-state index contributed by atoms with van der Waals surface area (Å²) >= 11 is 0. The lowest BCUT2D eigenvalue weighted by molar-refractivity contribution is -0.163. The average Bonchev–Trinajstić information content (AvgIpc) is 4.02. The highest BCUT2D eigenvalue weighted by molar-refractivity contribution is 6.03. The van der Waals surface area contributed by atoms with Gasteiger partial charge in [0.15, 0.2) is 29.6 Å². The number of piperazine rings is 1. The molecule has 1 aliphatic carbocycles. The molecule has 1 saturated carbocycles. The summed E-state index contributed by atoms with van der Waals surface area (Å²) in [5.41, 5.74) is 3.66. The molecule has 3 aromatic rings. The van der Waals surface area contributed by atoms with Gasteiger partial charge in [0.2, 0.25) is 5.82 Å². The summed E-state index contributed by atoms with van der Waals surface area (Å²) in [5.74, 6) is -6.13. The number of carbonyl (C=O) groups is 3. The van der Waals surface area contributed by atoms with Gasteiger partial charge in [0.05, 0.1) is 26.9 Å². The smallest absolute Gasteiger partial charge is 0.335 e. The minimum atomic E-state index is -2.31. The van der Waals surface area contributed by atoms with Gasteiger partial charge in [-0.1, -0.05) is 24.3 Å². The standard InChI is InChI=1S/C39H42F3N3O9/c1-52-26-14-22(15-27(17-26)53-2)18-45(25-9-10-25)37(48)32-28(16-24-19-44(20-31(32)43-24)38(49)34(46)35(47)39(50)51)23-7-5-21(6-8-23)4-3-13-54-36-30(41)12-11-29(40)33(36)42/h5-8,11-12,14-15,17,24-25,31,34-35,43,46-47H,3-4,9-10,13,16,18-20H2,1-2H3,(H,50,51). The lowest BCUT2D eigenvalue weighted by Gasteiger charge is -2.45. The van der Waals surface area contributed by atoms with Crippen molar-refractivity contribution >= 4 is 23.4 Å². The van der Waals surface area contributed by atoms with E-state index in [1.165, 1.54) is 4.90 Å². The van der Waals surface area contributed by atoms with Crippen molar-refractivity contribution in [2.75, 3.05) is 33.9 Å². The molecule has 0 aromatic heterocycles. The number of aliphatic hydroxyl groups excluding tert-OH is 2. The zero-order valence-electron chi connectivity index (χ0n) is 29.8. The molecule has 2 bridgehead atoms. The van der Waals surface area contributed by atoms with Crippen molar-refractivity contribution in [3.63, 3.8) is 0 Å². The number of aliphatic hydroxyl groups is 2. The molecule has 6 rings (SSSR count). The second-order valence-corrected chi connectivity index (χ2v) is 13.7. The molecule has 0 spiro atoms. The molecule has 3 aliphatic rings. The van der Waals surface area contributed by atoms with E-state index >= 15 is 0 Å². The average molecular weight is 754 g/mol. The molecule has 4 atom stereocenters. The summed E-state index contributed by atoms with van der Waals surface area (Å²) in [7, 11) is 3.08. The monoisotopic (exact) mass is 753 g/mol. The molecule has 2 fully saturated rings. The van der Waals surface area contributed by atoms with Crippen molar-refractivity contribution in [3.05, 3.63) is 94.3 Å². The molecule has 4 unspecified atom stereocenters. The SMILES string of the molecule is COc1cc(CN(C(=O)C2=C(c3ccc(CCCOc4c(F)ccc(F)c4F)cc3)CC3CN(C(=O)C(O)C(O)C(=O)O)CC2N3)C2CC2)cc(OC)c1. The van der Waals surface area contributed by atoms with Gasteiger partial charge < -0.3 is 44.6 Å². The van der Waals surface area contributed by atoms with E-state index in [9.17, 15) is 42.9 Å². The number of rotatable bonds is 15. The molecule has 2 aliphatic heterocycles. The minimum absolute atomic E-state index is 0.0334. The first-order valence-corrected chi connectivity index (χ1v) is 17.6. The van der Waals surface area contributed by atoms with Crippen molar-refractivity contribution in [3.8, 4) is 17.2 Å². The van der Waals surface area contributed by atoms with Gasteiger partial charge in [-0.15, -0.1) is 0 Å². The van der Waals surface area contributed by atoms with E-state index in [4.69, 9.17) is 14.2 Å². The number of halogens is 3. The Morgan fingerprint density at radius 1 is 0.907 bits per heavy atom. The number of carboxylic acids is 1. The third-order valence-corrected chi connectivity index (χ3v) is 9.93. The Morgan fingerprint density at radius 2 is 1.57 bits per heavy atom. The molecule has 12 nitrogen and oxygen atoms in total. The van der Waals surface area contributed by atoms with Gasteiger partial charge >= 0.3 is 5.97 Å². The number of carboxylic acid groups (broad SMARTS) is 1. The lowest BCUT2D eigenvalue weighted by atomic mass is 9.82. The zero-order valence-corrected chi connectivity index (χ0v) is 29.8. The Bertz CT molecular complexity index is 1900. The number of hydrogen-bond acceptors (Lipinski definition) is 9. The van der Waals surface area contributed by atoms with Crippen LogP contribution in [0.25, 0.3) is 5.57 Å². The predicted octanol–water partition coefficient (Wildman–Crippen LogP) is 3.46. The first-order valence-electron chi connectivity index (χ1n) is 17.6. The van der Waals surface area contributed by atoms with Crippen LogP contribution in [0.15, 0.2) is 60.2 Å². The number of hydrogen-bond donors (Lipinski definition) is 4. The number of methoxy groups -OCH3 is 2. The molecular formula is C39H42F3N3O9. The van der Waals surface area contributed by atoms with E-state index < -0.39 is 53.3 Å². The number of ether oxygens (including phenoxy) is 3. The van der Waals surface area contributed by atoms with Gasteiger partial charge in [-0.25, -0.2) is 13.6 Å². The van der Waals surface area contributed by atoms with E-state index in [1.807, 2.05) is 36.4 Å². The minimum Gasteiger partial charge on any atom is -0.497 e. The fourth-order valence-corrected chi connectivity index (χ4v) is 7.03. The van der Waals surface area contributed by atoms with Crippen LogP contribution in [0.4, 0.5) is 13.2 Å². The molecule has 3 aromatic carbocycles. The Labute approximate surface area is 309 Å². The number of nitrogens with one attached hydrogen (secondary N) is 1. The van der Waals surface area contributed by atoms with Crippen LogP contribution in [0.3, 0.4) is 0 Å². The van der Waals surface area contributed by atoms with Crippen LogP contribution in [0.5, 0.6) is 17.2 Å². The fraction of sp³-hybridized carbons (Fsp3) is 0.410. The fourth-order valence-electron chi connectivity index (χ4n) is 7.03. The Balaban J connectivity index is 1.27. The Hall–Kier alpha value is -5.12. The van der Waals surface area contributed by atoms with E-state index in [1.54, 1.807) is 25.2 Å². The molecule has 2 heterocycles. The number of amides is 2. The zero-order chi connectivity index (χ0) is 38.7. The highest BCUT2D eigenvalue weighted by Gasteiger charge is 2.45. The molecule has 2 amide bonds. The number of fused-ring (bicyclic) bond motifs is 2. The van der Waals surface area contributed by atoms with Crippen molar-refractivity contribution < 1.29 is 57.1 Å². The summed E-state index contributed by atoms with van der Waals surface area (Å²) in [6, 6.07) is 13.4. The summed E-state index contributed by atoms with van der Waals surface area (Å²) < 4.78 is 57.6. The van der Waals surface area contributed by atoms with Crippen molar-refractivity contribution in [2.24, 2.45) is 0 Å². The number of aliphatic carboxylic acids is 1. The van der Waals surface area contributed by atoms with Crippen LogP contribution in [0, 0.1) is 17.5 Å². The van der Waals surface area contributed by atoms with Crippen LogP contribution < -0.4 is 19.5 Å².